The SMILES string of the molecule is CCOc1cc(/C=C(\C#N)C(=O)Nc2ccc(Cl)c(Cl)c2)cc(I)c1Cc1cccc(F)c1. The molecule has 0 unspecified atom stereocenters. The van der Waals surface area contributed by atoms with Crippen molar-refractivity contribution >= 4 is 63.5 Å². The van der Waals surface area contributed by atoms with Crippen molar-refractivity contribution in [3.05, 3.63) is 96.3 Å². The van der Waals surface area contributed by atoms with Crippen molar-refractivity contribution in [2.24, 2.45) is 0 Å². The summed E-state index contributed by atoms with van der Waals surface area (Å²) in [5.74, 6) is -0.263. The van der Waals surface area contributed by atoms with Gasteiger partial charge in [0.05, 0.1) is 16.7 Å². The largest absolute Gasteiger partial charge is 0.494 e. The third kappa shape index (κ3) is 6.70. The van der Waals surface area contributed by atoms with Crippen molar-refractivity contribution in [2.45, 2.75) is 13.3 Å². The van der Waals surface area contributed by atoms with E-state index in [2.05, 4.69) is 27.9 Å². The quantitative estimate of drug-likeness (QED) is 0.178. The summed E-state index contributed by atoms with van der Waals surface area (Å²) in [7, 11) is 0. The van der Waals surface area contributed by atoms with Gasteiger partial charge < -0.3 is 10.1 Å². The summed E-state index contributed by atoms with van der Waals surface area (Å²) in [5, 5.41) is 12.9. The van der Waals surface area contributed by atoms with Crippen LogP contribution in [-0.2, 0) is 11.2 Å². The molecule has 168 valence electrons. The standard InChI is InChI=1S/C25H18Cl2FIN2O2/c1-2-33-24-12-16(11-23(29)20(24)10-15-4-3-5-18(28)9-15)8-17(14-30)25(32)31-19-6-7-21(26)22(27)13-19/h3-9,11-13H,2,10H2,1H3,(H,31,32)/b17-8+. The van der Waals surface area contributed by atoms with Crippen LogP contribution in [0.1, 0.15) is 23.6 Å². The van der Waals surface area contributed by atoms with Gasteiger partial charge in [0, 0.05) is 21.2 Å². The van der Waals surface area contributed by atoms with E-state index in [1.54, 1.807) is 24.3 Å². The number of hydrogen-bond acceptors (Lipinski definition) is 3. The van der Waals surface area contributed by atoms with Gasteiger partial charge in [-0.05, 0) is 89.2 Å². The van der Waals surface area contributed by atoms with Crippen molar-refractivity contribution in [3.8, 4) is 11.8 Å². The fraction of sp³-hybridized carbons (Fsp3) is 0.120. The first-order valence-electron chi connectivity index (χ1n) is 9.88. The Bertz CT molecular complexity index is 1270. The molecule has 0 fully saturated rings. The molecule has 0 atom stereocenters. The first-order chi connectivity index (χ1) is 15.8. The third-order valence-electron chi connectivity index (χ3n) is 4.60. The van der Waals surface area contributed by atoms with Crippen molar-refractivity contribution in [3.63, 3.8) is 0 Å². The van der Waals surface area contributed by atoms with E-state index >= 15 is 0 Å². The molecule has 1 N–H and O–H groups in total. The number of nitriles is 1. The van der Waals surface area contributed by atoms with Gasteiger partial charge in [0.15, 0.2) is 0 Å². The molecule has 3 rings (SSSR count). The number of benzene rings is 3. The molecule has 3 aromatic rings. The second kappa shape index (κ2) is 11.5. The highest BCUT2D eigenvalue weighted by Crippen LogP contribution is 2.30. The lowest BCUT2D eigenvalue weighted by molar-refractivity contribution is -0.112. The van der Waals surface area contributed by atoms with Crippen LogP contribution in [0.5, 0.6) is 5.75 Å². The van der Waals surface area contributed by atoms with E-state index in [1.807, 2.05) is 25.1 Å². The van der Waals surface area contributed by atoms with E-state index in [9.17, 15) is 14.4 Å². The van der Waals surface area contributed by atoms with Gasteiger partial charge in [0.2, 0.25) is 0 Å². The molecule has 1 amide bonds. The van der Waals surface area contributed by atoms with Crippen LogP contribution in [0.15, 0.2) is 60.2 Å². The predicted octanol–water partition coefficient (Wildman–Crippen LogP) is 7.27. The Balaban J connectivity index is 1.91. The highest BCUT2D eigenvalue weighted by atomic mass is 127. The fourth-order valence-electron chi connectivity index (χ4n) is 3.11. The van der Waals surface area contributed by atoms with Gasteiger partial charge in [-0.3, -0.25) is 4.79 Å². The number of carbonyl (C=O) groups is 1. The van der Waals surface area contributed by atoms with Crippen LogP contribution < -0.4 is 10.1 Å². The number of rotatable bonds is 7. The molecular formula is C25H18Cl2FIN2O2. The summed E-state index contributed by atoms with van der Waals surface area (Å²) in [6.07, 6.45) is 1.97. The van der Waals surface area contributed by atoms with Gasteiger partial charge >= 0.3 is 0 Å². The number of halogens is 4. The van der Waals surface area contributed by atoms with Crippen LogP contribution in [0.25, 0.3) is 6.08 Å². The molecule has 0 bridgehead atoms. The summed E-state index contributed by atoms with van der Waals surface area (Å²) in [6, 6.07) is 16.6. The van der Waals surface area contributed by atoms with Gasteiger partial charge in [-0.25, -0.2) is 4.39 Å². The Kier molecular flexibility index (Phi) is 8.73. The number of hydrogen-bond donors (Lipinski definition) is 1. The minimum atomic E-state index is -0.576. The molecule has 0 saturated carbocycles. The van der Waals surface area contributed by atoms with Crippen LogP contribution in [-0.4, -0.2) is 12.5 Å². The zero-order valence-electron chi connectivity index (χ0n) is 17.5. The molecule has 0 aliphatic rings. The number of ether oxygens (including phenoxy) is 1. The Morgan fingerprint density at radius 1 is 1.18 bits per heavy atom. The molecule has 0 radical (unpaired) electrons. The maximum atomic E-state index is 13.6. The highest BCUT2D eigenvalue weighted by Gasteiger charge is 2.15. The molecule has 0 spiro atoms. The zero-order chi connectivity index (χ0) is 24.0. The van der Waals surface area contributed by atoms with Crippen LogP contribution in [0, 0.1) is 20.7 Å². The van der Waals surface area contributed by atoms with Gasteiger partial charge in [-0.1, -0.05) is 35.3 Å². The van der Waals surface area contributed by atoms with E-state index in [0.717, 1.165) is 14.7 Å². The number of nitrogens with one attached hydrogen (secondary N) is 1. The van der Waals surface area contributed by atoms with Crippen molar-refractivity contribution < 1.29 is 13.9 Å². The topological polar surface area (TPSA) is 62.1 Å². The van der Waals surface area contributed by atoms with E-state index in [-0.39, 0.29) is 11.4 Å². The molecule has 0 aromatic heterocycles. The lowest BCUT2D eigenvalue weighted by Crippen LogP contribution is -2.13. The molecule has 0 heterocycles. The van der Waals surface area contributed by atoms with Gasteiger partial charge in [-0.15, -0.1) is 0 Å². The monoisotopic (exact) mass is 594 g/mol. The first kappa shape index (κ1) is 25.0. The molecule has 4 nitrogen and oxygen atoms in total. The molecule has 0 aliphatic heterocycles. The van der Waals surface area contributed by atoms with E-state index in [1.165, 1.54) is 24.3 Å². The summed E-state index contributed by atoms with van der Waals surface area (Å²) >= 11 is 14.1. The van der Waals surface area contributed by atoms with Crippen LogP contribution >= 0.6 is 45.8 Å². The zero-order valence-corrected chi connectivity index (χ0v) is 21.1. The molecular weight excluding hydrogens is 577 g/mol. The Labute approximate surface area is 215 Å². The van der Waals surface area contributed by atoms with E-state index < -0.39 is 5.91 Å². The highest BCUT2D eigenvalue weighted by molar-refractivity contribution is 14.1. The number of nitrogens with zero attached hydrogens (tertiary/aromatic N) is 1. The minimum absolute atomic E-state index is 0.0859. The average Bonchev–Trinajstić information content (AvgIpc) is 2.77. The van der Waals surface area contributed by atoms with Crippen molar-refractivity contribution in [2.75, 3.05) is 11.9 Å². The van der Waals surface area contributed by atoms with Gasteiger partial charge in [-0.2, -0.15) is 5.26 Å². The minimum Gasteiger partial charge on any atom is -0.494 e. The number of carbonyl (C=O) groups excluding carboxylic acids is 1. The average molecular weight is 595 g/mol. The van der Waals surface area contributed by atoms with Gasteiger partial charge in [0.25, 0.3) is 5.91 Å². The second-order valence-electron chi connectivity index (χ2n) is 6.97. The smallest absolute Gasteiger partial charge is 0.266 e. The first-order valence-corrected chi connectivity index (χ1v) is 11.7. The van der Waals surface area contributed by atoms with Crippen LogP contribution in [0.4, 0.5) is 10.1 Å². The normalized spacial score (nSPS) is 11.1. The molecule has 0 saturated heterocycles. The molecule has 3 aromatic carbocycles. The lowest BCUT2D eigenvalue weighted by atomic mass is 10.0. The fourth-order valence-corrected chi connectivity index (χ4v) is 4.22. The third-order valence-corrected chi connectivity index (χ3v) is 6.30. The number of anilines is 1. The Morgan fingerprint density at radius 3 is 2.64 bits per heavy atom. The summed E-state index contributed by atoms with van der Waals surface area (Å²) in [6.45, 7) is 2.30. The summed E-state index contributed by atoms with van der Waals surface area (Å²) in [5.41, 5.74) is 2.68. The number of amides is 1. The maximum absolute atomic E-state index is 13.6. The van der Waals surface area contributed by atoms with Crippen molar-refractivity contribution in [1.29, 1.82) is 5.26 Å². The summed E-state index contributed by atoms with van der Waals surface area (Å²) < 4.78 is 20.3. The van der Waals surface area contributed by atoms with Crippen LogP contribution in [0.3, 0.4) is 0 Å². The van der Waals surface area contributed by atoms with E-state index in [0.29, 0.717) is 40.1 Å². The van der Waals surface area contributed by atoms with Crippen molar-refractivity contribution in [1.82, 2.24) is 0 Å². The molecule has 33 heavy (non-hydrogen) atoms. The predicted molar refractivity (Wildman–Crippen MR) is 138 cm³/mol. The Hall–Kier alpha value is -2.60. The molecule has 0 aliphatic carbocycles. The Morgan fingerprint density at radius 2 is 1.97 bits per heavy atom. The second-order valence-corrected chi connectivity index (χ2v) is 8.95. The van der Waals surface area contributed by atoms with E-state index in [4.69, 9.17) is 27.9 Å². The van der Waals surface area contributed by atoms with Crippen LogP contribution in [0.2, 0.25) is 10.0 Å². The van der Waals surface area contributed by atoms with Gasteiger partial charge in [0.1, 0.15) is 23.2 Å². The molecule has 8 heteroatoms. The summed E-state index contributed by atoms with van der Waals surface area (Å²) in [4.78, 5) is 12.6. The lowest BCUT2D eigenvalue weighted by Gasteiger charge is -2.14. The maximum Gasteiger partial charge on any atom is 0.266 e.